The van der Waals surface area contributed by atoms with Gasteiger partial charge in [-0.1, -0.05) is 76.6 Å². The van der Waals surface area contributed by atoms with E-state index in [1.165, 1.54) is 11.8 Å². The Hall–Kier alpha value is -4.19. The molecule has 3 N–H and O–H groups in total. The van der Waals surface area contributed by atoms with E-state index in [0.717, 1.165) is 29.8 Å². The second-order valence-corrected chi connectivity index (χ2v) is 13.2. The summed E-state index contributed by atoms with van der Waals surface area (Å²) in [7, 11) is 0. The van der Waals surface area contributed by atoms with Crippen molar-refractivity contribution in [3.05, 3.63) is 164 Å². The minimum atomic E-state index is -0.500. The molecule has 0 radical (unpaired) electrons. The molecular weight excluding hydrogens is 761 g/mol. The van der Waals surface area contributed by atoms with Gasteiger partial charge in [-0.3, -0.25) is 14.4 Å². The third kappa shape index (κ3) is 9.40. The fourth-order valence-corrected chi connectivity index (χ4v) is 5.91. The Balaban J connectivity index is 1.32. The molecule has 5 rings (SSSR count). The maximum Gasteiger partial charge on any atom is 0.272 e. The van der Waals surface area contributed by atoms with Crippen molar-refractivity contribution in [2.75, 3.05) is 10.6 Å². The standard InChI is InChI=1S/C36H27BrIN3O3S/c37-27-13-11-24(12-14-27)23-32(41-34(42)26-9-5-2-6-10-26)35(43)39-30-19-21-31(22-20-30)45-33(25-7-3-1-4-8-25)36(44)40-29-17-15-28(38)16-18-29/h1-23,33H,(H,39,43)(H,40,44)(H,41,42)/b32-23-. The maximum atomic E-state index is 13.4. The van der Waals surface area contributed by atoms with Gasteiger partial charge in [-0.05, 0) is 113 Å². The molecule has 0 aliphatic heterocycles. The lowest BCUT2D eigenvalue weighted by Crippen LogP contribution is -2.30. The Morgan fingerprint density at radius 3 is 1.91 bits per heavy atom. The number of benzene rings is 5. The molecule has 0 heterocycles. The van der Waals surface area contributed by atoms with Crippen LogP contribution < -0.4 is 16.0 Å². The van der Waals surface area contributed by atoms with Gasteiger partial charge in [0.25, 0.3) is 11.8 Å². The zero-order valence-electron chi connectivity index (χ0n) is 23.7. The van der Waals surface area contributed by atoms with Crippen LogP contribution in [-0.2, 0) is 9.59 Å². The molecule has 0 saturated carbocycles. The van der Waals surface area contributed by atoms with Gasteiger partial charge in [-0.2, -0.15) is 0 Å². The van der Waals surface area contributed by atoms with E-state index in [1.54, 1.807) is 42.5 Å². The van der Waals surface area contributed by atoms with Gasteiger partial charge in [0.05, 0.1) is 0 Å². The number of thioether (sulfide) groups is 1. The van der Waals surface area contributed by atoms with Crippen LogP contribution in [0, 0.1) is 3.57 Å². The monoisotopic (exact) mass is 787 g/mol. The van der Waals surface area contributed by atoms with Crippen LogP contribution in [0.15, 0.2) is 149 Å². The van der Waals surface area contributed by atoms with Crippen LogP contribution in [0.25, 0.3) is 6.08 Å². The normalized spacial score (nSPS) is 11.7. The Morgan fingerprint density at radius 1 is 0.689 bits per heavy atom. The first kappa shape index (κ1) is 32.2. The van der Waals surface area contributed by atoms with Crippen molar-refractivity contribution in [2.45, 2.75) is 10.1 Å². The second-order valence-electron chi connectivity index (χ2n) is 9.81. The van der Waals surface area contributed by atoms with Crippen molar-refractivity contribution in [2.24, 2.45) is 0 Å². The highest BCUT2D eigenvalue weighted by atomic mass is 127. The third-order valence-electron chi connectivity index (χ3n) is 6.53. The lowest BCUT2D eigenvalue weighted by atomic mass is 10.1. The molecule has 0 saturated heterocycles. The molecule has 45 heavy (non-hydrogen) atoms. The summed E-state index contributed by atoms with van der Waals surface area (Å²) in [5.41, 5.74) is 3.43. The van der Waals surface area contributed by atoms with Crippen LogP contribution in [0.2, 0.25) is 0 Å². The average molecular weight is 789 g/mol. The predicted octanol–water partition coefficient (Wildman–Crippen LogP) is 8.94. The van der Waals surface area contributed by atoms with Gasteiger partial charge >= 0.3 is 0 Å². The summed E-state index contributed by atoms with van der Waals surface area (Å²) in [6, 6.07) is 40.6. The lowest BCUT2D eigenvalue weighted by Gasteiger charge is -2.17. The zero-order valence-corrected chi connectivity index (χ0v) is 28.3. The zero-order chi connectivity index (χ0) is 31.6. The van der Waals surface area contributed by atoms with E-state index in [9.17, 15) is 14.4 Å². The summed E-state index contributed by atoms with van der Waals surface area (Å²) < 4.78 is 1.99. The van der Waals surface area contributed by atoms with E-state index in [1.807, 2.05) is 97.1 Å². The van der Waals surface area contributed by atoms with Crippen molar-refractivity contribution in [3.8, 4) is 0 Å². The van der Waals surface area contributed by atoms with E-state index in [2.05, 4.69) is 54.5 Å². The predicted molar refractivity (Wildman–Crippen MR) is 194 cm³/mol. The molecule has 1 atom stereocenters. The topological polar surface area (TPSA) is 87.3 Å². The fourth-order valence-electron chi connectivity index (χ4n) is 4.26. The molecule has 0 aliphatic rings. The Labute approximate surface area is 288 Å². The number of carbonyl (C=O) groups excluding carboxylic acids is 3. The number of hydrogen-bond acceptors (Lipinski definition) is 4. The quantitative estimate of drug-likeness (QED) is 0.0750. The van der Waals surface area contributed by atoms with Crippen molar-refractivity contribution in [3.63, 3.8) is 0 Å². The molecule has 0 fully saturated rings. The van der Waals surface area contributed by atoms with Crippen LogP contribution in [0.3, 0.4) is 0 Å². The smallest absolute Gasteiger partial charge is 0.272 e. The molecule has 0 aliphatic carbocycles. The van der Waals surface area contributed by atoms with Crippen LogP contribution >= 0.6 is 50.3 Å². The van der Waals surface area contributed by atoms with Crippen molar-refractivity contribution < 1.29 is 14.4 Å². The molecule has 9 heteroatoms. The van der Waals surface area contributed by atoms with E-state index in [4.69, 9.17) is 0 Å². The number of hydrogen-bond donors (Lipinski definition) is 3. The fraction of sp³-hybridized carbons (Fsp3) is 0.0278. The second kappa shape index (κ2) is 15.7. The Morgan fingerprint density at radius 2 is 1.27 bits per heavy atom. The van der Waals surface area contributed by atoms with Crippen molar-refractivity contribution in [1.29, 1.82) is 0 Å². The first-order valence-corrected chi connectivity index (χ1v) is 16.6. The first-order chi connectivity index (χ1) is 21.8. The highest BCUT2D eigenvalue weighted by Gasteiger charge is 2.22. The molecule has 3 amide bonds. The Kier molecular flexibility index (Phi) is 11.2. The molecule has 224 valence electrons. The van der Waals surface area contributed by atoms with Gasteiger partial charge in [0.2, 0.25) is 5.91 Å². The minimum Gasteiger partial charge on any atom is -0.325 e. The highest BCUT2D eigenvalue weighted by Crippen LogP contribution is 2.37. The number of anilines is 2. The maximum absolute atomic E-state index is 13.4. The lowest BCUT2D eigenvalue weighted by molar-refractivity contribution is -0.116. The number of rotatable bonds is 10. The van der Waals surface area contributed by atoms with Gasteiger partial charge in [-0.15, -0.1) is 11.8 Å². The number of halogens is 2. The van der Waals surface area contributed by atoms with Crippen molar-refractivity contribution >= 4 is 85.5 Å². The third-order valence-corrected chi connectivity index (χ3v) is 9.04. The SMILES string of the molecule is O=C(Nc1ccc(SC(C(=O)Nc2ccc(I)cc2)c2ccccc2)cc1)/C(=C/c1ccc(Br)cc1)NC(=O)c1ccccc1. The van der Waals surface area contributed by atoms with Crippen LogP contribution in [0.4, 0.5) is 11.4 Å². The summed E-state index contributed by atoms with van der Waals surface area (Å²) in [5.74, 6) is -1.00. The number of amides is 3. The summed E-state index contributed by atoms with van der Waals surface area (Å²) >= 11 is 7.07. The summed E-state index contributed by atoms with van der Waals surface area (Å²) in [6.45, 7) is 0. The van der Waals surface area contributed by atoms with Gasteiger partial charge < -0.3 is 16.0 Å². The number of nitrogens with one attached hydrogen (secondary N) is 3. The molecule has 6 nitrogen and oxygen atoms in total. The molecule has 1 unspecified atom stereocenters. The summed E-state index contributed by atoms with van der Waals surface area (Å²) in [6.07, 6.45) is 1.63. The van der Waals surface area contributed by atoms with E-state index in [-0.39, 0.29) is 11.6 Å². The highest BCUT2D eigenvalue weighted by molar-refractivity contribution is 14.1. The number of carbonyl (C=O) groups is 3. The molecule has 0 aromatic heterocycles. The van der Waals surface area contributed by atoms with Gasteiger partial charge in [-0.25, -0.2) is 0 Å². The van der Waals surface area contributed by atoms with E-state index in [0.29, 0.717) is 11.3 Å². The minimum absolute atomic E-state index is 0.0982. The summed E-state index contributed by atoms with van der Waals surface area (Å²) in [5, 5.41) is 8.16. The van der Waals surface area contributed by atoms with E-state index >= 15 is 0 Å². The van der Waals surface area contributed by atoms with Gasteiger partial charge in [0.1, 0.15) is 10.9 Å². The average Bonchev–Trinajstić information content (AvgIpc) is 3.06. The van der Waals surface area contributed by atoms with Crippen LogP contribution in [0.1, 0.15) is 26.7 Å². The van der Waals surface area contributed by atoms with Crippen LogP contribution in [-0.4, -0.2) is 17.7 Å². The largest absolute Gasteiger partial charge is 0.325 e. The molecule has 5 aromatic carbocycles. The Bertz CT molecular complexity index is 1800. The first-order valence-electron chi connectivity index (χ1n) is 13.9. The van der Waals surface area contributed by atoms with E-state index < -0.39 is 17.1 Å². The van der Waals surface area contributed by atoms with Crippen LogP contribution in [0.5, 0.6) is 0 Å². The molecule has 0 bridgehead atoms. The summed E-state index contributed by atoms with van der Waals surface area (Å²) in [4.78, 5) is 40.6. The molecule has 5 aromatic rings. The molecule has 0 spiro atoms. The van der Waals surface area contributed by atoms with Gasteiger partial charge in [0.15, 0.2) is 0 Å². The molecular formula is C36H27BrIN3O3S. The van der Waals surface area contributed by atoms with Gasteiger partial charge in [0, 0.05) is 29.9 Å². The van der Waals surface area contributed by atoms with Crippen molar-refractivity contribution in [1.82, 2.24) is 5.32 Å².